The molecular formula is C18H24N2O. The van der Waals surface area contributed by atoms with E-state index >= 15 is 0 Å². The summed E-state index contributed by atoms with van der Waals surface area (Å²) in [7, 11) is 0. The summed E-state index contributed by atoms with van der Waals surface area (Å²) in [4.78, 5) is 15.6. The first-order chi connectivity index (χ1) is 10.3. The van der Waals surface area contributed by atoms with Gasteiger partial charge in [0.25, 0.3) is 5.91 Å². The van der Waals surface area contributed by atoms with E-state index in [0.29, 0.717) is 6.04 Å². The fourth-order valence-corrected chi connectivity index (χ4v) is 3.53. The number of benzene rings is 1. The summed E-state index contributed by atoms with van der Waals surface area (Å²) in [5.74, 6) is 0.933. The largest absolute Gasteiger partial charge is 0.360 e. The number of carbonyl (C=O) groups excluding carboxylic acids is 1. The van der Waals surface area contributed by atoms with Crippen LogP contribution in [-0.2, 0) is 0 Å². The number of amides is 1. The second-order valence-corrected chi connectivity index (χ2v) is 6.23. The van der Waals surface area contributed by atoms with Crippen LogP contribution < -0.4 is 5.32 Å². The highest BCUT2D eigenvalue weighted by Crippen LogP contribution is 2.28. The maximum Gasteiger partial charge on any atom is 0.253 e. The zero-order valence-corrected chi connectivity index (χ0v) is 12.7. The Morgan fingerprint density at radius 1 is 1.24 bits per heavy atom. The second kappa shape index (κ2) is 6.33. The number of nitrogens with one attached hydrogen (secondary N) is 2. The number of fused-ring (bicyclic) bond motifs is 1. The molecule has 0 saturated heterocycles. The van der Waals surface area contributed by atoms with Crippen molar-refractivity contribution in [2.45, 2.75) is 51.5 Å². The molecule has 1 aliphatic carbocycles. The molecule has 21 heavy (non-hydrogen) atoms. The van der Waals surface area contributed by atoms with Gasteiger partial charge in [-0.25, -0.2) is 0 Å². The van der Waals surface area contributed by atoms with Gasteiger partial charge >= 0.3 is 0 Å². The zero-order chi connectivity index (χ0) is 14.7. The third-order valence-electron chi connectivity index (χ3n) is 4.71. The number of rotatable bonds is 4. The average molecular weight is 284 g/mol. The highest BCUT2D eigenvalue weighted by molar-refractivity contribution is 6.06. The summed E-state index contributed by atoms with van der Waals surface area (Å²) in [5, 5.41) is 4.23. The molecule has 0 aliphatic heterocycles. The molecule has 3 heteroatoms. The normalized spacial score (nSPS) is 22.3. The number of hydrogen-bond acceptors (Lipinski definition) is 1. The van der Waals surface area contributed by atoms with E-state index in [0.717, 1.165) is 35.2 Å². The Morgan fingerprint density at radius 2 is 2.00 bits per heavy atom. The highest BCUT2D eigenvalue weighted by Gasteiger charge is 2.23. The molecule has 3 rings (SSSR count). The summed E-state index contributed by atoms with van der Waals surface area (Å²) >= 11 is 0. The summed E-state index contributed by atoms with van der Waals surface area (Å²) < 4.78 is 0. The van der Waals surface area contributed by atoms with Crippen LogP contribution in [0.25, 0.3) is 10.9 Å². The average Bonchev–Trinajstić information content (AvgIpc) is 2.93. The van der Waals surface area contributed by atoms with Crippen molar-refractivity contribution >= 4 is 16.8 Å². The van der Waals surface area contributed by atoms with Gasteiger partial charge in [0, 0.05) is 23.1 Å². The number of aromatic nitrogens is 1. The van der Waals surface area contributed by atoms with Crippen molar-refractivity contribution in [3.8, 4) is 0 Å². The first kappa shape index (κ1) is 14.2. The summed E-state index contributed by atoms with van der Waals surface area (Å²) in [6, 6.07) is 8.30. The first-order valence-electron chi connectivity index (χ1n) is 8.15. The summed E-state index contributed by atoms with van der Waals surface area (Å²) in [6.07, 6.45) is 9.19. The van der Waals surface area contributed by atoms with Gasteiger partial charge in [0.1, 0.15) is 0 Å². The third kappa shape index (κ3) is 3.12. The van der Waals surface area contributed by atoms with Crippen molar-refractivity contribution in [1.82, 2.24) is 10.3 Å². The Bertz CT molecular complexity index is 608. The van der Waals surface area contributed by atoms with E-state index in [9.17, 15) is 4.79 Å². The number of aromatic amines is 1. The first-order valence-corrected chi connectivity index (χ1v) is 8.15. The molecule has 0 radical (unpaired) electrons. The van der Waals surface area contributed by atoms with Crippen LogP contribution in [0.15, 0.2) is 30.5 Å². The number of H-pyrrole nitrogens is 1. The summed E-state index contributed by atoms with van der Waals surface area (Å²) in [5.41, 5.74) is 1.79. The smallest absolute Gasteiger partial charge is 0.253 e. The van der Waals surface area contributed by atoms with Gasteiger partial charge in [0.2, 0.25) is 0 Å². The van der Waals surface area contributed by atoms with Gasteiger partial charge in [-0.3, -0.25) is 4.79 Å². The van der Waals surface area contributed by atoms with Gasteiger partial charge < -0.3 is 10.3 Å². The summed E-state index contributed by atoms with van der Waals surface area (Å²) in [6.45, 7) is 2.25. The van der Waals surface area contributed by atoms with Gasteiger partial charge in [-0.05, 0) is 37.7 Å². The van der Waals surface area contributed by atoms with E-state index in [4.69, 9.17) is 0 Å². The molecule has 0 spiro atoms. The molecule has 1 aromatic heterocycles. The molecule has 1 aromatic carbocycles. The van der Waals surface area contributed by atoms with Crippen LogP contribution >= 0.6 is 0 Å². The molecule has 112 valence electrons. The molecule has 3 nitrogen and oxygen atoms in total. The maximum absolute atomic E-state index is 12.5. The molecular weight excluding hydrogens is 260 g/mol. The minimum Gasteiger partial charge on any atom is -0.360 e. The minimum atomic E-state index is 0.0615. The molecule has 1 amide bonds. The lowest BCUT2D eigenvalue weighted by Crippen LogP contribution is -2.37. The molecule has 1 fully saturated rings. The molecule has 0 bridgehead atoms. The molecule has 1 heterocycles. The van der Waals surface area contributed by atoms with Crippen LogP contribution in [0.1, 0.15) is 55.8 Å². The second-order valence-electron chi connectivity index (χ2n) is 6.23. The maximum atomic E-state index is 12.5. The van der Waals surface area contributed by atoms with Crippen LogP contribution in [0.5, 0.6) is 0 Å². The Morgan fingerprint density at radius 3 is 2.76 bits per heavy atom. The fourth-order valence-electron chi connectivity index (χ4n) is 3.53. The predicted molar refractivity (Wildman–Crippen MR) is 86.4 cm³/mol. The number of carbonyl (C=O) groups is 1. The van der Waals surface area contributed by atoms with Crippen LogP contribution in [-0.4, -0.2) is 16.9 Å². The van der Waals surface area contributed by atoms with E-state index in [1.54, 1.807) is 0 Å². The number of hydrogen-bond donors (Lipinski definition) is 2. The van der Waals surface area contributed by atoms with Gasteiger partial charge in [-0.15, -0.1) is 0 Å². The van der Waals surface area contributed by atoms with Crippen molar-refractivity contribution in [3.05, 3.63) is 36.0 Å². The van der Waals surface area contributed by atoms with Gasteiger partial charge in [-0.1, -0.05) is 38.0 Å². The quantitative estimate of drug-likeness (QED) is 0.866. The highest BCUT2D eigenvalue weighted by atomic mass is 16.1. The topological polar surface area (TPSA) is 44.9 Å². The van der Waals surface area contributed by atoms with E-state index in [1.807, 2.05) is 30.5 Å². The predicted octanol–water partition coefficient (Wildman–Crippen LogP) is 4.26. The Balaban J connectivity index is 1.62. The third-order valence-corrected chi connectivity index (χ3v) is 4.71. The van der Waals surface area contributed by atoms with Crippen LogP contribution in [0.2, 0.25) is 0 Å². The van der Waals surface area contributed by atoms with Crippen LogP contribution in [0.3, 0.4) is 0 Å². The number of para-hydroxylation sites is 1. The van der Waals surface area contributed by atoms with Crippen LogP contribution in [0, 0.1) is 5.92 Å². The van der Waals surface area contributed by atoms with Crippen molar-refractivity contribution in [2.75, 3.05) is 0 Å². The molecule has 2 N–H and O–H groups in total. The Kier molecular flexibility index (Phi) is 4.28. The zero-order valence-electron chi connectivity index (χ0n) is 12.7. The van der Waals surface area contributed by atoms with Gasteiger partial charge in [-0.2, -0.15) is 0 Å². The van der Waals surface area contributed by atoms with Crippen molar-refractivity contribution in [3.63, 3.8) is 0 Å². The SMILES string of the molecule is CCCC1CCC(NC(=O)c2c[nH]c3ccccc23)CC1. The monoisotopic (exact) mass is 284 g/mol. The van der Waals surface area contributed by atoms with E-state index in [-0.39, 0.29) is 5.91 Å². The lowest BCUT2D eigenvalue weighted by molar-refractivity contribution is 0.0923. The molecule has 2 aromatic rings. The lowest BCUT2D eigenvalue weighted by atomic mass is 9.83. The Labute approximate surface area is 126 Å². The Hall–Kier alpha value is -1.77. The van der Waals surface area contributed by atoms with Crippen molar-refractivity contribution in [1.29, 1.82) is 0 Å². The van der Waals surface area contributed by atoms with Gasteiger partial charge in [0.15, 0.2) is 0 Å². The van der Waals surface area contributed by atoms with Crippen molar-refractivity contribution in [2.24, 2.45) is 5.92 Å². The molecule has 1 aliphatic rings. The van der Waals surface area contributed by atoms with E-state index in [2.05, 4.69) is 17.2 Å². The fraction of sp³-hybridized carbons (Fsp3) is 0.500. The van der Waals surface area contributed by atoms with E-state index < -0.39 is 0 Å². The minimum absolute atomic E-state index is 0.0615. The molecule has 1 saturated carbocycles. The standard InChI is InChI=1S/C18H24N2O/c1-2-5-13-8-10-14(11-9-13)20-18(21)16-12-19-17-7-4-3-6-15(16)17/h3-4,6-7,12-14,19H,2,5,8-11H2,1H3,(H,20,21). The molecule has 0 unspecified atom stereocenters. The van der Waals surface area contributed by atoms with Gasteiger partial charge in [0.05, 0.1) is 5.56 Å². The van der Waals surface area contributed by atoms with E-state index in [1.165, 1.54) is 25.7 Å². The van der Waals surface area contributed by atoms with Crippen molar-refractivity contribution < 1.29 is 4.79 Å². The molecule has 0 atom stereocenters. The lowest BCUT2D eigenvalue weighted by Gasteiger charge is -2.28. The van der Waals surface area contributed by atoms with Crippen LogP contribution in [0.4, 0.5) is 0 Å².